The third-order valence-electron chi connectivity index (χ3n) is 4.94. The predicted octanol–water partition coefficient (Wildman–Crippen LogP) is 6.04. The molecule has 8 nitrogen and oxygen atoms in total. The van der Waals surface area contributed by atoms with E-state index in [0.717, 1.165) is 11.6 Å². The second-order valence-corrected chi connectivity index (χ2v) is 9.41. The molecule has 0 spiro atoms. The Hall–Kier alpha value is -4.02. The fourth-order valence-corrected chi connectivity index (χ4v) is 3.17. The highest BCUT2D eigenvalue weighted by Crippen LogP contribution is 2.39. The molecule has 0 aliphatic rings. The monoisotopic (exact) mass is 521 g/mol. The zero-order valence-electron chi connectivity index (χ0n) is 21.0. The van der Waals surface area contributed by atoms with Gasteiger partial charge in [0.25, 0.3) is 5.76 Å². The molecule has 0 aliphatic carbocycles. The van der Waals surface area contributed by atoms with Crippen molar-refractivity contribution in [1.29, 1.82) is 0 Å². The summed E-state index contributed by atoms with van der Waals surface area (Å²) in [6.07, 6.45) is -5.91. The van der Waals surface area contributed by atoms with E-state index in [1.54, 1.807) is 39.8 Å². The molecule has 1 aromatic heterocycles. The molecule has 198 valence electrons. The first kappa shape index (κ1) is 27.6. The molecule has 0 bridgehead atoms. The number of benzene rings is 2. The average molecular weight is 521 g/mol. The summed E-state index contributed by atoms with van der Waals surface area (Å²) in [4.78, 5) is 37.4. The molecular weight excluding hydrogens is 495 g/mol. The number of carbonyl (C=O) groups excluding carboxylic acids is 2. The summed E-state index contributed by atoms with van der Waals surface area (Å²) in [6.45, 7) is 9.57. The van der Waals surface area contributed by atoms with Gasteiger partial charge in [0.1, 0.15) is 28.7 Å². The lowest BCUT2D eigenvalue weighted by molar-refractivity contribution is -0.154. The van der Waals surface area contributed by atoms with E-state index >= 15 is 0 Å². The van der Waals surface area contributed by atoms with Gasteiger partial charge in [-0.15, -0.1) is 0 Å². The number of hydrogen-bond donors (Lipinski definition) is 1. The summed E-state index contributed by atoms with van der Waals surface area (Å²) >= 11 is 0. The van der Waals surface area contributed by atoms with Gasteiger partial charge in [-0.3, -0.25) is 4.79 Å². The van der Waals surface area contributed by atoms with Crippen LogP contribution in [-0.2, 0) is 15.7 Å². The molecular formula is C26H26F3NO7. The number of aryl methyl sites for hydroxylation is 2. The van der Waals surface area contributed by atoms with Crippen molar-refractivity contribution in [1.82, 2.24) is 5.32 Å². The number of esters is 1. The van der Waals surface area contributed by atoms with Crippen LogP contribution in [0.4, 0.5) is 18.0 Å². The van der Waals surface area contributed by atoms with Gasteiger partial charge in [-0.05, 0) is 65.3 Å². The number of alkyl halides is 3. The van der Waals surface area contributed by atoms with Crippen LogP contribution in [-0.4, -0.2) is 23.7 Å². The lowest BCUT2D eigenvalue weighted by atomic mass is 10.1. The summed E-state index contributed by atoms with van der Waals surface area (Å²) in [6, 6.07) is 7.20. The standard InChI is InChI=1S/C26H26F3NO7/c1-13-7-9-16(10-8-13)34-21-20(31)17-11-14(2)18(12-19(17)35-22(21)26(27,28)29)36-23(32)15(3)30-24(33)37-25(4,5)6/h7-12,15H,1-6H3,(H,30,33). The zero-order valence-corrected chi connectivity index (χ0v) is 21.0. The minimum atomic E-state index is -5.05. The Morgan fingerprint density at radius 3 is 2.22 bits per heavy atom. The highest BCUT2D eigenvalue weighted by Gasteiger charge is 2.40. The Kier molecular flexibility index (Phi) is 7.56. The number of alkyl carbamates (subject to hydrolysis) is 1. The lowest BCUT2D eigenvalue weighted by Crippen LogP contribution is -2.43. The molecule has 37 heavy (non-hydrogen) atoms. The highest BCUT2D eigenvalue weighted by molar-refractivity contribution is 5.85. The van der Waals surface area contributed by atoms with Crippen molar-refractivity contribution in [2.24, 2.45) is 0 Å². The number of amides is 1. The molecule has 0 fully saturated rings. The van der Waals surface area contributed by atoms with Gasteiger partial charge in [-0.25, -0.2) is 9.59 Å². The number of rotatable bonds is 5. The average Bonchev–Trinajstić information content (AvgIpc) is 2.76. The predicted molar refractivity (Wildman–Crippen MR) is 128 cm³/mol. The minimum Gasteiger partial charge on any atom is -0.449 e. The van der Waals surface area contributed by atoms with Crippen LogP contribution in [0.25, 0.3) is 11.0 Å². The van der Waals surface area contributed by atoms with Crippen molar-refractivity contribution in [2.75, 3.05) is 0 Å². The van der Waals surface area contributed by atoms with Gasteiger partial charge in [0.15, 0.2) is 0 Å². The third-order valence-corrected chi connectivity index (χ3v) is 4.94. The summed E-state index contributed by atoms with van der Waals surface area (Å²) in [5.41, 5.74) is -1.19. The molecule has 1 unspecified atom stereocenters. The molecule has 2 aromatic carbocycles. The molecule has 3 rings (SSSR count). The van der Waals surface area contributed by atoms with Crippen LogP contribution in [0.2, 0.25) is 0 Å². The Bertz CT molecular complexity index is 1390. The van der Waals surface area contributed by atoms with Crippen molar-refractivity contribution >= 4 is 23.0 Å². The largest absolute Gasteiger partial charge is 0.453 e. The summed E-state index contributed by atoms with van der Waals surface area (Å²) in [5, 5.41) is 2.11. The van der Waals surface area contributed by atoms with E-state index in [2.05, 4.69) is 5.32 Å². The van der Waals surface area contributed by atoms with Crippen LogP contribution in [0.1, 0.15) is 44.6 Å². The summed E-state index contributed by atoms with van der Waals surface area (Å²) in [7, 11) is 0. The Balaban J connectivity index is 1.96. The van der Waals surface area contributed by atoms with E-state index < -0.39 is 52.4 Å². The molecule has 0 radical (unpaired) electrons. The van der Waals surface area contributed by atoms with Gasteiger partial charge < -0.3 is 23.9 Å². The van der Waals surface area contributed by atoms with Crippen LogP contribution in [0, 0.1) is 13.8 Å². The van der Waals surface area contributed by atoms with Gasteiger partial charge >= 0.3 is 18.2 Å². The number of ether oxygens (including phenoxy) is 3. The number of carbonyl (C=O) groups is 2. The molecule has 0 aliphatic heterocycles. The fraction of sp³-hybridized carbons (Fsp3) is 0.346. The van der Waals surface area contributed by atoms with Crippen LogP contribution < -0.4 is 20.2 Å². The SMILES string of the molecule is Cc1ccc(Oc2c(C(F)(F)F)oc3cc(OC(=O)C(C)NC(=O)OC(C)(C)C)c(C)cc3c2=O)cc1. The van der Waals surface area contributed by atoms with Crippen LogP contribution in [0.15, 0.2) is 45.6 Å². The molecule has 3 aromatic rings. The second kappa shape index (κ2) is 10.2. The summed E-state index contributed by atoms with van der Waals surface area (Å²) < 4.78 is 62.1. The Labute approximate surface area is 210 Å². The van der Waals surface area contributed by atoms with Crippen LogP contribution in [0.3, 0.4) is 0 Å². The van der Waals surface area contributed by atoms with Gasteiger partial charge in [0.2, 0.25) is 11.2 Å². The Morgan fingerprint density at radius 2 is 1.65 bits per heavy atom. The van der Waals surface area contributed by atoms with Gasteiger partial charge in [-0.1, -0.05) is 17.7 Å². The van der Waals surface area contributed by atoms with Crippen molar-refractivity contribution in [3.05, 3.63) is 63.5 Å². The maximum Gasteiger partial charge on any atom is 0.453 e. The van der Waals surface area contributed by atoms with Gasteiger partial charge in [0.05, 0.1) is 5.39 Å². The first-order valence-corrected chi connectivity index (χ1v) is 11.2. The van der Waals surface area contributed by atoms with E-state index in [-0.39, 0.29) is 22.4 Å². The molecule has 0 saturated heterocycles. The first-order chi connectivity index (χ1) is 17.0. The van der Waals surface area contributed by atoms with E-state index in [1.807, 2.05) is 0 Å². The Morgan fingerprint density at radius 1 is 1.03 bits per heavy atom. The van der Waals surface area contributed by atoms with Crippen molar-refractivity contribution in [3.8, 4) is 17.2 Å². The molecule has 11 heteroatoms. The van der Waals surface area contributed by atoms with Crippen molar-refractivity contribution in [3.63, 3.8) is 0 Å². The zero-order chi connectivity index (χ0) is 27.7. The molecule has 1 amide bonds. The van der Waals surface area contributed by atoms with Gasteiger partial charge in [0, 0.05) is 6.07 Å². The number of nitrogens with one attached hydrogen (secondary N) is 1. The molecule has 0 saturated carbocycles. The first-order valence-electron chi connectivity index (χ1n) is 11.2. The second-order valence-electron chi connectivity index (χ2n) is 9.41. The highest BCUT2D eigenvalue weighted by atomic mass is 19.4. The van der Waals surface area contributed by atoms with Crippen molar-refractivity contribution in [2.45, 2.75) is 59.4 Å². The van der Waals surface area contributed by atoms with E-state index in [0.29, 0.717) is 0 Å². The quantitative estimate of drug-likeness (QED) is 0.322. The minimum absolute atomic E-state index is 0.0245. The maximum atomic E-state index is 13.8. The summed E-state index contributed by atoms with van der Waals surface area (Å²) in [5.74, 6) is -3.68. The molecule has 1 heterocycles. The number of fused-ring (bicyclic) bond motifs is 1. The fourth-order valence-electron chi connectivity index (χ4n) is 3.17. The number of hydrogen-bond acceptors (Lipinski definition) is 7. The van der Waals surface area contributed by atoms with Crippen LogP contribution >= 0.6 is 0 Å². The van der Waals surface area contributed by atoms with E-state index in [9.17, 15) is 27.6 Å². The van der Waals surface area contributed by atoms with Crippen LogP contribution in [0.5, 0.6) is 17.2 Å². The van der Waals surface area contributed by atoms with E-state index in [4.69, 9.17) is 18.6 Å². The number of halogens is 3. The molecule has 1 N–H and O–H groups in total. The lowest BCUT2D eigenvalue weighted by Gasteiger charge is -2.21. The van der Waals surface area contributed by atoms with Gasteiger partial charge in [-0.2, -0.15) is 13.2 Å². The third kappa shape index (κ3) is 6.81. The maximum absolute atomic E-state index is 13.8. The smallest absolute Gasteiger partial charge is 0.449 e. The topological polar surface area (TPSA) is 104 Å². The van der Waals surface area contributed by atoms with E-state index in [1.165, 1.54) is 32.0 Å². The normalized spacial score (nSPS) is 12.7. The molecule has 1 atom stereocenters. The van der Waals surface area contributed by atoms with Crippen molar-refractivity contribution < 1.29 is 41.4 Å².